The Morgan fingerprint density at radius 3 is 2.50 bits per heavy atom. The number of halogens is 5. The lowest BCUT2D eigenvalue weighted by Crippen LogP contribution is -2.45. The third-order valence-electron chi connectivity index (χ3n) is 3.66. The van der Waals surface area contributed by atoms with Crippen molar-refractivity contribution in [3.63, 3.8) is 0 Å². The quantitative estimate of drug-likeness (QED) is 0.810. The minimum absolute atomic E-state index is 0. The minimum Gasteiger partial charge on any atom is -0.314 e. The Kier molecular flexibility index (Phi) is 7.19. The van der Waals surface area contributed by atoms with Crippen molar-refractivity contribution in [2.75, 3.05) is 26.2 Å². The molecule has 0 amide bonds. The number of benzene rings is 1. The van der Waals surface area contributed by atoms with E-state index in [4.69, 9.17) is 11.6 Å². The average molecular weight is 355 g/mol. The van der Waals surface area contributed by atoms with Gasteiger partial charge in [0.1, 0.15) is 0 Å². The van der Waals surface area contributed by atoms with Crippen molar-refractivity contribution >= 4 is 24.0 Å². The molecule has 1 aromatic rings. The normalized spacial score (nSPS) is 17.6. The summed E-state index contributed by atoms with van der Waals surface area (Å²) in [7, 11) is 0. The largest absolute Gasteiger partial charge is 0.416 e. The van der Waals surface area contributed by atoms with E-state index >= 15 is 0 Å². The number of hydrogen-bond donors (Lipinski definition) is 1. The molecule has 22 heavy (non-hydrogen) atoms. The first kappa shape index (κ1) is 19.3. The van der Waals surface area contributed by atoms with Crippen LogP contribution in [-0.2, 0) is 6.18 Å². The van der Waals surface area contributed by atoms with Crippen LogP contribution in [-0.4, -0.2) is 31.1 Å². The predicted molar refractivity (Wildman–Crippen MR) is 85.7 cm³/mol. The standard InChI is InChI=1S/C15H18ClF3N2.ClH/c1-2-3-14(21-8-6-20-7-9-21)12-5-4-11(16)10-13(12)15(17,18)19;/h2,4-5,10,14,20H,1,3,6-9H2;1H/t14-;/m0./s1. The van der Waals surface area contributed by atoms with Gasteiger partial charge in [-0.1, -0.05) is 23.7 Å². The first-order valence-electron chi connectivity index (χ1n) is 6.86. The summed E-state index contributed by atoms with van der Waals surface area (Å²) in [6.07, 6.45) is -2.26. The zero-order valence-electron chi connectivity index (χ0n) is 12.0. The highest BCUT2D eigenvalue weighted by molar-refractivity contribution is 6.30. The fourth-order valence-electron chi connectivity index (χ4n) is 2.69. The maximum atomic E-state index is 13.3. The Morgan fingerprint density at radius 1 is 1.32 bits per heavy atom. The molecule has 1 saturated heterocycles. The molecule has 1 aliphatic heterocycles. The lowest BCUT2D eigenvalue weighted by atomic mass is 9.95. The van der Waals surface area contributed by atoms with E-state index in [1.165, 1.54) is 12.1 Å². The van der Waals surface area contributed by atoms with Gasteiger partial charge in [0.05, 0.1) is 5.56 Å². The van der Waals surface area contributed by atoms with E-state index in [0.29, 0.717) is 6.42 Å². The zero-order chi connectivity index (χ0) is 15.5. The van der Waals surface area contributed by atoms with Crippen LogP contribution in [0.25, 0.3) is 0 Å². The smallest absolute Gasteiger partial charge is 0.314 e. The van der Waals surface area contributed by atoms with Gasteiger partial charge in [0.15, 0.2) is 0 Å². The molecule has 0 unspecified atom stereocenters. The number of nitrogens with one attached hydrogen (secondary N) is 1. The first-order valence-corrected chi connectivity index (χ1v) is 7.23. The molecule has 1 heterocycles. The zero-order valence-corrected chi connectivity index (χ0v) is 13.6. The van der Waals surface area contributed by atoms with Crippen LogP contribution in [0.4, 0.5) is 13.2 Å². The van der Waals surface area contributed by atoms with Crippen LogP contribution >= 0.6 is 24.0 Å². The van der Waals surface area contributed by atoms with Crippen LogP contribution in [0.3, 0.4) is 0 Å². The van der Waals surface area contributed by atoms with Gasteiger partial charge in [-0.3, -0.25) is 4.90 Å². The Hall–Kier alpha value is -0.750. The highest BCUT2D eigenvalue weighted by Gasteiger charge is 2.36. The highest BCUT2D eigenvalue weighted by atomic mass is 35.5. The van der Waals surface area contributed by atoms with Crippen molar-refractivity contribution in [2.45, 2.75) is 18.6 Å². The molecule has 7 heteroatoms. The molecule has 1 fully saturated rings. The third-order valence-corrected chi connectivity index (χ3v) is 3.90. The number of nitrogens with zero attached hydrogens (tertiary/aromatic N) is 1. The summed E-state index contributed by atoms with van der Waals surface area (Å²) in [6.45, 7) is 6.68. The van der Waals surface area contributed by atoms with Crippen molar-refractivity contribution in [3.05, 3.63) is 47.0 Å². The van der Waals surface area contributed by atoms with Crippen molar-refractivity contribution in [1.29, 1.82) is 0 Å². The number of alkyl halides is 3. The monoisotopic (exact) mass is 354 g/mol. The van der Waals surface area contributed by atoms with Crippen molar-refractivity contribution in [1.82, 2.24) is 10.2 Å². The molecule has 0 aromatic heterocycles. The predicted octanol–water partition coefficient (Wildman–Crippen LogP) is 4.30. The lowest BCUT2D eigenvalue weighted by molar-refractivity contribution is -0.138. The second-order valence-electron chi connectivity index (χ2n) is 5.06. The molecule has 0 spiro atoms. The van der Waals surface area contributed by atoms with Gasteiger partial charge in [0, 0.05) is 37.2 Å². The Morgan fingerprint density at radius 2 is 1.95 bits per heavy atom. The van der Waals surface area contributed by atoms with Gasteiger partial charge >= 0.3 is 6.18 Å². The second-order valence-corrected chi connectivity index (χ2v) is 5.49. The SMILES string of the molecule is C=CC[C@@H](c1ccc(Cl)cc1C(F)(F)F)N1CCNCC1.Cl. The molecule has 124 valence electrons. The summed E-state index contributed by atoms with van der Waals surface area (Å²) in [5.74, 6) is 0. The van der Waals surface area contributed by atoms with Crippen LogP contribution in [0.2, 0.25) is 5.02 Å². The number of rotatable bonds is 4. The van der Waals surface area contributed by atoms with Gasteiger partial charge in [-0.2, -0.15) is 13.2 Å². The Balaban J connectivity index is 0.00000242. The van der Waals surface area contributed by atoms with E-state index in [0.717, 1.165) is 32.2 Å². The molecule has 1 atom stereocenters. The lowest BCUT2D eigenvalue weighted by Gasteiger charge is -2.36. The molecule has 1 aliphatic rings. The summed E-state index contributed by atoms with van der Waals surface area (Å²) in [5, 5.41) is 3.31. The number of hydrogen-bond acceptors (Lipinski definition) is 2. The average Bonchev–Trinajstić information content (AvgIpc) is 2.45. The number of piperazine rings is 1. The molecule has 1 N–H and O–H groups in total. The maximum absolute atomic E-state index is 13.3. The summed E-state index contributed by atoms with van der Waals surface area (Å²) < 4.78 is 39.8. The van der Waals surface area contributed by atoms with Crippen molar-refractivity contribution < 1.29 is 13.2 Å². The van der Waals surface area contributed by atoms with Gasteiger partial charge in [0.25, 0.3) is 0 Å². The topological polar surface area (TPSA) is 15.3 Å². The van der Waals surface area contributed by atoms with E-state index in [-0.39, 0.29) is 29.0 Å². The fraction of sp³-hybridized carbons (Fsp3) is 0.467. The van der Waals surface area contributed by atoms with Gasteiger partial charge in [0.2, 0.25) is 0 Å². The van der Waals surface area contributed by atoms with E-state index in [2.05, 4.69) is 16.8 Å². The van der Waals surface area contributed by atoms with E-state index in [9.17, 15) is 13.2 Å². The fourth-order valence-corrected chi connectivity index (χ4v) is 2.86. The Bertz CT molecular complexity index is 500. The van der Waals surface area contributed by atoms with Crippen molar-refractivity contribution in [3.8, 4) is 0 Å². The van der Waals surface area contributed by atoms with Crippen molar-refractivity contribution in [2.24, 2.45) is 0 Å². The van der Waals surface area contributed by atoms with E-state index in [1.54, 1.807) is 6.08 Å². The summed E-state index contributed by atoms with van der Waals surface area (Å²) in [5.41, 5.74) is -0.380. The molecule has 1 aromatic carbocycles. The maximum Gasteiger partial charge on any atom is 0.416 e. The first-order chi connectivity index (χ1) is 9.93. The molecular weight excluding hydrogens is 336 g/mol. The molecule has 2 nitrogen and oxygen atoms in total. The minimum atomic E-state index is -4.41. The molecule has 0 aliphatic carbocycles. The van der Waals surface area contributed by atoms with E-state index < -0.39 is 11.7 Å². The second kappa shape index (κ2) is 8.20. The van der Waals surface area contributed by atoms with Crippen LogP contribution in [0.5, 0.6) is 0 Å². The van der Waals surface area contributed by atoms with Crippen LogP contribution in [0.1, 0.15) is 23.6 Å². The summed E-state index contributed by atoms with van der Waals surface area (Å²) in [6, 6.07) is 3.69. The molecule has 0 saturated carbocycles. The third kappa shape index (κ3) is 4.62. The van der Waals surface area contributed by atoms with Crippen LogP contribution in [0.15, 0.2) is 30.9 Å². The Labute approximate surface area is 139 Å². The van der Waals surface area contributed by atoms with Gasteiger partial charge < -0.3 is 5.32 Å². The van der Waals surface area contributed by atoms with Gasteiger partial charge in [-0.25, -0.2) is 0 Å². The summed E-state index contributed by atoms with van der Waals surface area (Å²) in [4.78, 5) is 2.07. The van der Waals surface area contributed by atoms with Crippen LogP contribution < -0.4 is 5.32 Å². The van der Waals surface area contributed by atoms with Gasteiger partial charge in [-0.05, 0) is 24.1 Å². The highest BCUT2D eigenvalue weighted by Crippen LogP contribution is 2.39. The summed E-state index contributed by atoms with van der Waals surface area (Å²) >= 11 is 5.75. The molecular formula is C15H19Cl2F3N2. The molecule has 0 radical (unpaired) electrons. The van der Waals surface area contributed by atoms with Gasteiger partial charge in [-0.15, -0.1) is 19.0 Å². The molecule has 2 rings (SSSR count). The molecule has 0 bridgehead atoms. The van der Waals surface area contributed by atoms with Crippen LogP contribution in [0, 0.1) is 0 Å². The van der Waals surface area contributed by atoms with E-state index in [1.807, 2.05) is 0 Å².